The highest BCUT2D eigenvalue weighted by atomic mass is 16.3. The normalized spacial score (nSPS) is 16.1. The number of hydrogen-bond acceptors (Lipinski definition) is 3. The number of phenols is 1. The first-order valence-corrected chi connectivity index (χ1v) is 15.8. The van der Waals surface area contributed by atoms with Crippen molar-refractivity contribution >= 4 is 22.7 Å². The Labute approximate surface area is 287 Å². The predicted octanol–water partition coefficient (Wildman–Crippen LogP) is 11.9. The molecular weight excluding hydrogens is 560 g/mol. The molecule has 0 saturated carbocycles. The molecule has 0 aromatic heterocycles. The summed E-state index contributed by atoms with van der Waals surface area (Å²) in [7, 11) is 0. The number of anilines is 4. The van der Waals surface area contributed by atoms with E-state index in [9.17, 15) is 10.6 Å². The van der Waals surface area contributed by atoms with Gasteiger partial charge in [0.25, 0.3) is 0 Å². The van der Waals surface area contributed by atoms with Crippen molar-refractivity contribution in [3.63, 3.8) is 0 Å². The minimum Gasteiger partial charge on any atom is -0.508 e. The standard InChI is InChI=1S/C43H48N2O/c1-41(2,3)31-21-17-29(18-22-31)36-13-12-14-37(30-19-23-32(24-20-30)42(4,5)6)40(36)45-28-44(38-15-10-11-16-39(38)45)34-25-33(43(7,8)9)26-35(46)27-34/h10-27,46H,28H2,1-9H3/i17D,18D,19D,20D,21D,22D,23D,24D. The second-order valence-corrected chi connectivity index (χ2v) is 15.2. The van der Waals surface area contributed by atoms with Crippen LogP contribution in [-0.4, -0.2) is 11.8 Å². The van der Waals surface area contributed by atoms with Gasteiger partial charge >= 0.3 is 0 Å². The number of nitrogens with zero attached hydrogens (tertiary/aromatic N) is 2. The average Bonchev–Trinajstić information content (AvgIpc) is 3.44. The molecule has 46 heavy (non-hydrogen) atoms. The lowest BCUT2D eigenvalue weighted by molar-refractivity contribution is 0.471. The van der Waals surface area contributed by atoms with Gasteiger partial charge in [0.2, 0.25) is 0 Å². The predicted molar refractivity (Wildman–Crippen MR) is 197 cm³/mol. The number of benzene rings is 5. The Morgan fingerprint density at radius 3 is 1.46 bits per heavy atom. The zero-order valence-corrected chi connectivity index (χ0v) is 28.3. The summed E-state index contributed by atoms with van der Waals surface area (Å²) >= 11 is 0. The molecule has 3 heteroatoms. The maximum Gasteiger partial charge on any atom is 0.117 e. The van der Waals surface area contributed by atoms with Gasteiger partial charge in [-0.1, -0.05) is 141 Å². The average molecular weight is 617 g/mol. The van der Waals surface area contributed by atoms with Gasteiger partial charge in [0.05, 0.1) is 28.0 Å². The number of aromatic hydroxyl groups is 1. The molecule has 1 aliphatic heterocycles. The van der Waals surface area contributed by atoms with Crippen molar-refractivity contribution in [2.24, 2.45) is 0 Å². The minimum absolute atomic E-state index is 0.0692. The fourth-order valence-electron chi connectivity index (χ4n) is 5.69. The van der Waals surface area contributed by atoms with Crippen molar-refractivity contribution in [3.05, 3.63) is 126 Å². The second-order valence-electron chi connectivity index (χ2n) is 15.2. The molecule has 6 rings (SSSR count). The zero-order valence-electron chi connectivity index (χ0n) is 36.3. The molecule has 0 spiro atoms. The summed E-state index contributed by atoms with van der Waals surface area (Å²) in [6, 6.07) is 16.9. The molecule has 5 aromatic carbocycles. The third-order valence-corrected chi connectivity index (χ3v) is 8.42. The quantitative estimate of drug-likeness (QED) is 0.218. The summed E-state index contributed by atoms with van der Waals surface area (Å²) in [6.07, 6.45) is 0. The van der Waals surface area contributed by atoms with Gasteiger partial charge in [0.1, 0.15) is 12.4 Å². The van der Waals surface area contributed by atoms with E-state index in [1.165, 1.54) is 0 Å². The lowest BCUT2D eigenvalue weighted by Crippen LogP contribution is -2.25. The highest BCUT2D eigenvalue weighted by molar-refractivity contribution is 5.98. The van der Waals surface area contributed by atoms with Crippen molar-refractivity contribution in [1.29, 1.82) is 0 Å². The van der Waals surface area contributed by atoms with Gasteiger partial charge in [-0.05, 0) is 68.3 Å². The number of fused-ring (bicyclic) bond motifs is 1. The van der Waals surface area contributed by atoms with E-state index in [1.807, 2.05) is 81.7 Å². The smallest absolute Gasteiger partial charge is 0.117 e. The molecule has 0 amide bonds. The molecule has 1 heterocycles. The van der Waals surface area contributed by atoms with Gasteiger partial charge < -0.3 is 14.9 Å². The molecule has 236 valence electrons. The molecule has 0 aliphatic carbocycles. The highest BCUT2D eigenvalue weighted by Crippen LogP contribution is 2.50. The summed E-state index contributed by atoms with van der Waals surface area (Å²) in [5.74, 6) is 0.111. The number of para-hydroxylation sites is 3. The lowest BCUT2D eigenvalue weighted by atomic mass is 9.85. The van der Waals surface area contributed by atoms with Crippen LogP contribution in [0.3, 0.4) is 0 Å². The summed E-state index contributed by atoms with van der Waals surface area (Å²) in [5, 5.41) is 10.9. The Hall–Kier alpha value is -4.50. The number of phenolic OH excluding ortho intramolecular Hbond substituents is 1. The molecule has 3 nitrogen and oxygen atoms in total. The van der Waals surface area contributed by atoms with Crippen LogP contribution in [0.2, 0.25) is 0 Å². The summed E-state index contributed by atoms with van der Waals surface area (Å²) in [4.78, 5) is 4.01. The second kappa shape index (κ2) is 11.4. The molecule has 0 atom stereocenters. The Morgan fingerprint density at radius 2 is 1.00 bits per heavy atom. The van der Waals surface area contributed by atoms with E-state index in [0.717, 1.165) is 22.6 Å². The summed E-state index contributed by atoms with van der Waals surface area (Å²) in [6.45, 7) is 17.5. The SMILES string of the molecule is [2H]c1c([2H])c(C(C)(C)C)c([2H])c([2H])c1-c1cccc(-c2c([2H])c([2H])c(C(C)(C)C)c([2H])c2[2H])c1N1CN(c2cc(O)cc(C(C)(C)C)c2)c2ccccc21. The Bertz CT molecular complexity index is 2180. The van der Waals surface area contributed by atoms with Gasteiger partial charge in [0.15, 0.2) is 0 Å². The zero-order chi connectivity index (χ0) is 40.0. The first-order chi connectivity index (χ1) is 25.0. The summed E-state index contributed by atoms with van der Waals surface area (Å²) < 4.78 is 73.7. The number of hydrogen-bond donors (Lipinski definition) is 1. The highest BCUT2D eigenvalue weighted by Gasteiger charge is 2.32. The van der Waals surface area contributed by atoms with Crippen LogP contribution in [0.4, 0.5) is 22.7 Å². The first-order valence-electron chi connectivity index (χ1n) is 19.8. The van der Waals surface area contributed by atoms with E-state index in [4.69, 9.17) is 5.48 Å². The molecule has 0 bridgehead atoms. The van der Waals surface area contributed by atoms with Crippen LogP contribution in [-0.2, 0) is 16.2 Å². The van der Waals surface area contributed by atoms with Gasteiger partial charge in [-0.2, -0.15) is 0 Å². The number of rotatable bonds is 4. The van der Waals surface area contributed by atoms with E-state index in [2.05, 4.69) is 20.8 Å². The first kappa shape index (κ1) is 22.9. The van der Waals surface area contributed by atoms with Crippen molar-refractivity contribution in [2.75, 3.05) is 16.5 Å². The van der Waals surface area contributed by atoms with E-state index < -0.39 is 10.8 Å². The van der Waals surface area contributed by atoms with Crippen LogP contribution in [0.5, 0.6) is 5.75 Å². The largest absolute Gasteiger partial charge is 0.508 e. The van der Waals surface area contributed by atoms with E-state index in [1.54, 1.807) is 30.3 Å². The van der Waals surface area contributed by atoms with Crippen molar-refractivity contribution in [3.8, 4) is 28.0 Å². The van der Waals surface area contributed by atoms with Crippen molar-refractivity contribution < 1.29 is 16.1 Å². The van der Waals surface area contributed by atoms with E-state index in [-0.39, 0.29) is 77.3 Å². The maximum absolute atomic E-state index is 10.9. The monoisotopic (exact) mass is 616 g/mol. The van der Waals surface area contributed by atoms with Crippen molar-refractivity contribution in [2.45, 2.75) is 78.6 Å². The maximum atomic E-state index is 10.9. The van der Waals surface area contributed by atoms with Crippen LogP contribution in [0, 0.1) is 0 Å². The van der Waals surface area contributed by atoms with Gasteiger partial charge in [-0.25, -0.2) is 0 Å². The van der Waals surface area contributed by atoms with Crippen molar-refractivity contribution in [1.82, 2.24) is 0 Å². The lowest BCUT2D eigenvalue weighted by Gasteiger charge is -2.28. The Morgan fingerprint density at radius 1 is 0.543 bits per heavy atom. The molecule has 1 N–H and O–H groups in total. The van der Waals surface area contributed by atoms with Gasteiger partial charge in [-0.3, -0.25) is 0 Å². The fourth-order valence-corrected chi connectivity index (χ4v) is 5.69. The third-order valence-electron chi connectivity index (χ3n) is 8.42. The van der Waals surface area contributed by atoms with Gasteiger partial charge in [0, 0.05) is 22.9 Å². The summed E-state index contributed by atoms with van der Waals surface area (Å²) in [5.41, 5.74) is 3.43. The molecule has 5 aromatic rings. The molecular formula is C43H48N2O. The van der Waals surface area contributed by atoms with Gasteiger partial charge in [-0.15, -0.1) is 0 Å². The fraction of sp³-hybridized carbons (Fsp3) is 0.302. The molecule has 1 aliphatic rings. The van der Waals surface area contributed by atoms with Crippen LogP contribution in [0.15, 0.2) is 109 Å². The molecule has 0 radical (unpaired) electrons. The Balaban J connectivity index is 1.73. The van der Waals surface area contributed by atoms with Crippen LogP contribution < -0.4 is 9.80 Å². The minimum atomic E-state index is -0.672. The van der Waals surface area contributed by atoms with E-state index in [0.29, 0.717) is 27.9 Å². The Kier molecular flexibility index (Phi) is 5.67. The molecule has 0 fully saturated rings. The van der Waals surface area contributed by atoms with Crippen LogP contribution in [0.1, 0.15) is 90.0 Å². The van der Waals surface area contributed by atoms with Crippen LogP contribution >= 0.6 is 0 Å². The molecule has 0 saturated heterocycles. The topological polar surface area (TPSA) is 26.7 Å². The molecule has 0 unspecified atom stereocenters. The van der Waals surface area contributed by atoms with E-state index >= 15 is 0 Å². The van der Waals surface area contributed by atoms with Crippen LogP contribution in [0.25, 0.3) is 22.3 Å². The third kappa shape index (κ3) is 6.03.